The van der Waals surface area contributed by atoms with Gasteiger partial charge in [0.25, 0.3) is 0 Å². The SMILES string of the molecule is COC(=O)c1nc(CC=O)n2cccc(C)c12. The van der Waals surface area contributed by atoms with Crippen LogP contribution in [0.4, 0.5) is 0 Å². The zero-order valence-electron chi connectivity index (χ0n) is 9.64. The van der Waals surface area contributed by atoms with Gasteiger partial charge in [0.1, 0.15) is 12.1 Å². The lowest BCUT2D eigenvalue weighted by molar-refractivity contribution is -0.107. The average molecular weight is 232 g/mol. The van der Waals surface area contributed by atoms with Crippen molar-refractivity contribution in [1.29, 1.82) is 0 Å². The van der Waals surface area contributed by atoms with Gasteiger partial charge in [-0.1, -0.05) is 6.07 Å². The number of hydrogen-bond donors (Lipinski definition) is 0. The predicted octanol–water partition coefficient (Wildman–Crippen LogP) is 1.17. The molecule has 0 unspecified atom stereocenters. The fourth-order valence-corrected chi connectivity index (χ4v) is 1.83. The maximum Gasteiger partial charge on any atom is 0.358 e. The van der Waals surface area contributed by atoms with Gasteiger partial charge in [-0.3, -0.25) is 0 Å². The van der Waals surface area contributed by atoms with E-state index in [9.17, 15) is 9.59 Å². The number of fused-ring (bicyclic) bond motifs is 1. The summed E-state index contributed by atoms with van der Waals surface area (Å²) in [6.07, 6.45) is 2.71. The van der Waals surface area contributed by atoms with Crippen LogP contribution in [0.5, 0.6) is 0 Å². The Kier molecular flexibility index (Phi) is 2.91. The Balaban J connectivity index is 2.75. The first-order chi connectivity index (χ1) is 8.19. The van der Waals surface area contributed by atoms with E-state index >= 15 is 0 Å². The second-order valence-corrected chi connectivity index (χ2v) is 3.65. The molecule has 0 aliphatic carbocycles. The molecular formula is C12H12N2O3. The van der Waals surface area contributed by atoms with Crippen molar-refractivity contribution in [3.05, 3.63) is 35.4 Å². The highest BCUT2D eigenvalue weighted by atomic mass is 16.5. The quantitative estimate of drug-likeness (QED) is 0.588. The zero-order valence-corrected chi connectivity index (χ0v) is 9.64. The van der Waals surface area contributed by atoms with Crippen LogP contribution in [0.2, 0.25) is 0 Å². The highest BCUT2D eigenvalue weighted by Crippen LogP contribution is 2.18. The summed E-state index contributed by atoms with van der Waals surface area (Å²) in [7, 11) is 1.31. The Bertz CT molecular complexity index is 587. The molecule has 5 heteroatoms. The molecule has 0 saturated carbocycles. The second kappa shape index (κ2) is 4.37. The molecule has 0 fully saturated rings. The third-order valence-corrected chi connectivity index (χ3v) is 2.58. The van der Waals surface area contributed by atoms with E-state index in [2.05, 4.69) is 9.72 Å². The Morgan fingerprint density at radius 2 is 2.35 bits per heavy atom. The van der Waals surface area contributed by atoms with Crippen LogP contribution in [0.25, 0.3) is 5.52 Å². The van der Waals surface area contributed by atoms with Crippen molar-refractivity contribution < 1.29 is 14.3 Å². The molecule has 2 aromatic rings. The van der Waals surface area contributed by atoms with E-state index in [-0.39, 0.29) is 12.1 Å². The molecule has 2 aromatic heterocycles. The third kappa shape index (κ3) is 1.80. The van der Waals surface area contributed by atoms with Gasteiger partial charge < -0.3 is 13.9 Å². The van der Waals surface area contributed by atoms with E-state index in [1.54, 1.807) is 10.6 Å². The minimum absolute atomic E-state index is 0.168. The molecule has 2 heterocycles. The van der Waals surface area contributed by atoms with Crippen LogP contribution in [-0.4, -0.2) is 28.7 Å². The molecule has 17 heavy (non-hydrogen) atoms. The number of aryl methyl sites for hydroxylation is 1. The second-order valence-electron chi connectivity index (χ2n) is 3.65. The predicted molar refractivity (Wildman–Crippen MR) is 61.0 cm³/mol. The van der Waals surface area contributed by atoms with E-state index in [1.165, 1.54) is 7.11 Å². The molecule has 0 aliphatic heterocycles. The third-order valence-electron chi connectivity index (χ3n) is 2.58. The van der Waals surface area contributed by atoms with Crippen molar-refractivity contribution >= 4 is 17.8 Å². The van der Waals surface area contributed by atoms with Gasteiger partial charge in [-0.15, -0.1) is 0 Å². The number of ether oxygens (including phenoxy) is 1. The van der Waals surface area contributed by atoms with Crippen LogP contribution < -0.4 is 0 Å². The summed E-state index contributed by atoms with van der Waals surface area (Å²) >= 11 is 0. The van der Waals surface area contributed by atoms with E-state index in [0.717, 1.165) is 11.8 Å². The van der Waals surface area contributed by atoms with E-state index in [0.29, 0.717) is 11.3 Å². The number of nitrogens with zero attached hydrogens (tertiary/aromatic N) is 2. The summed E-state index contributed by atoms with van der Waals surface area (Å²) in [6.45, 7) is 1.88. The summed E-state index contributed by atoms with van der Waals surface area (Å²) in [5.41, 5.74) is 1.86. The minimum atomic E-state index is -0.492. The number of pyridine rings is 1. The summed E-state index contributed by atoms with van der Waals surface area (Å²) in [4.78, 5) is 26.4. The molecule has 0 radical (unpaired) electrons. The lowest BCUT2D eigenvalue weighted by atomic mass is 10.2. The summed E-state index contributed by atoms with van der Waals surface area (Å²) in [6, 6.07) is 3.73. The van der Waals surface area contributed by atoms with Crippen LogP contribution in [-0.2, 0) is 16.0 Å². The van der Waals surface area contributed by atoms with Gasteiger partial charge in [0.15, 0.2) is 5.69 Å². The number of aromatic nitrogens is 2. The molecule has 0 aromatic carbocycles. The highest BCUT2D eigenvalue weighted by Gasteiger charge is 2.18. The van der Waals surface area contributed by atoms with E-state index < -0.39 is 5.97 Å². The molecular weight excluding hydrogens is 220 g/mol. The van der Waals surface area contributed by atoms with Crippen LogP contribution >= 0.6 is 0 Å². The van der Waals surface area contributed by atoms with Crippen molar-refractivity contribution in [2.75, 3.05) is 7.11 Å². The summed E-state index contributed by atoms with van der Waals surface area (Å²) in [5, 5.41) is 0. The number of imidazole rings is 1. The van der Waals surface area contributed by atoms with Crippen molar-refractivity contribution in [3.8, 4) is 0 Å². The standard InChI is InChI=1S/C12H12N2O3/c1-8-4-3-6-14-9(5-7-15)13-10(11(8)14)12(16)17-2/h3-4,6-7H,5H2,1-2H3. The number of carbonyl (C=O) groups is 2. The topological polar surface area (TPSA) is 60.7 Å². The molecule has 5 nitrogen and oxygen atoms in total. The number of carbonyl (C=O) groups excluding carboxylic acids is 2. The Hall–Kier alpha value is -2.17. The molecule has 0 aliphatic rings. The van der Waals surface area contributed by atoms with Gasteiger partial charge in [0.2, 0.25) is 0 Å². The largest absolute Gasteiger partial charge is 0.464 e. The molecule has 2 rings (SSSR count). The van der Waals surface area contributed by atoms with Crippen LogP contribution in [0.15, 0.2) is 18.3 Å². The Morgan fingerprint density at radius 1 is 1.59 bits per heavy atom. The summed E-state index contributed by atoms with van der Waals surface area (Å²) < 4.78 is 6.43. The molecule has 0 atom stereocenters. The van der Waals surface area contributed by atoms with Crippen LogP contribution in [0.1, 0.15) is 21.9 Å². The number of rotatable bonds is 3. The number of esters is 1. The van der Waals surface area contributed by atoms with Crippen molar-refractivity contribution in [1.82, 2.24) is 9.38 Å². The lowest BCUT2D eigenvalue weighted by Gasteiger charge is -2.01. The zero-order chi connectivity index (χ0) is 12.4. The molecule has 0 saturated heterocycles. The van der Waals surface area contributed by atoms with Crippen LogP contribution in [0, 0.1) is 6.92 Å². The van der Waals surface area contributed by atoms with Gasteiger partial charge in [0, 0.05) is 6.20 Å². The van der Waals surface area contributed by atoms with Gasteiger partial charge in [-0.2, -0.15) is 0 Å². The Labute approximate surface area is 98.0 Å². The first kappa shape index (κ1) is 11.3. The fourth-order valence-electron chi connectivity index (χ4n) is 1.83. The maximum atomic E-state index is 11.6. The van der Waals surface area contributed by atoms with Gasteiger partial charge in [0.05, 0.1) is 19.0 Å². The molecule has 0 N–H and O–H groups in total. The lowest BCUT2D eigenvalue weighted by Crippen LogP contribution is -2.03. The smallest absolute Gasteiger partial charge is 0.358 e. The Morgan fingerprint density at radius 3 is 3.00 bits per heavy atom. The average Bonchev–Trinajstić information content (AvgIpc) is 2.69. The van der Waals surface area contributed by atoms with Gasteiger partial charge >= 0.3 is 5.97 Å². The first-order valence-electron chi connectivity index (χ1n) is 5.17. The first-order valence-corrected chi connectivity index (χ1v) is 5.17. The van der Waals surface area contributed by atoms with Gasteiger partial charge in [-0.25, -0.2) is 9.78 Å². The molecule has 0 bridgehead atoms. The fraction of sp³-hybridized carbons (Fsp3) is 0.250. The minimum Gasteiger partial charge on any atom is -0.464 e. The van der Waals surface area contributed by atoms with Crippen molar-refractivity contribution in [2.45, 2.75) is 13.3 Å². The number of hydrogen-bond acceptors (Lipinski definition) is 4. The molecule has 0 spiro atoms. The normalized spacial score (nSPS) is 10.5. The van der Waals surface area contributed by atoms with Crippen molar-refractivity contribution in [2.24, 2.45) is 0 Å². The van der Waals surface area contributed by atoms with Crippen LogP contribution in [0.3, 0.4) is 0 Å². The van der Waals surface area contributed by atoms with E-state index in [4.69, 9.17) is 0 Å². The molecule has 0 amide bonds. The van der Waals surface area contributed by atoms with Crippen molar-refractivity contribution in [3.63, 3.8) is 0 Å². The number of aldehydes is 1. The summed E-state index contributed by atoms with van der Waals surface area (Å²) in [5.74, 6) is 0.0491. The van der Waals surface area contributed by atoms with E-state index in [1.807, 2.05) is 19.1 Å². The van der Waals surface area contributed by atoms with Gasteiger partial charge in [-0.05, 0) is 18.6 Å². The number of methoxy groups -OCH3 is 1. The molecule has 88 valence electrons. The monoisotopic (exact) mass is 232 g/mol. The maximum absolute atomic E-state index is 11.6. The highest BCUT2D eigenvalue weighted by molar-refractivity contribution is 5.96.